The van der Waals surface area contributed by atoms with Gasteiger partial charge in [0.2, 0.25) is 5.75 Å². The molecule has 1 amide bonds. The van der Waals surface area contributed by atoms with Gasteiger partial charge in [0.15, 0.2) is 11.5 Å². The maximum atomic E-state index is 13.2. The molecule has 30 heavy (non-hydrogen) atoms. The molecule has 0 saturated carbocycles. The van der Waals surface area contributed by atoms with Crippen LogP contribution in [-0.2, 0) is 11.3 Å². The van der Waals surface area contributed by atoms with Crippen LogP contribution >= 0.6 is 11.3 Å². The summed E-state index contributed by atoms with van der Waals surface area (Å²) in [6.07, 6.45) is 1.75. The van der Waals surface area contributed by atoms with Crippen LogP contribution in [0.1, 0.15) is 16.0 Å². The van der Waals surface area contributed by atoms with Crippen molar-refractivity contribution in [2.45, 2.75) is 6.54 Å². The molecular weight excluding hydrogens is 405 g/mol. The lowest BCUT2D eigenvalue weighted by atomic mass is 10.1. The molecule has 0 aliphatic heterocycles. The van der Waals surface area contributed by atoms with Gasteiger partial charge in [-0.15, -0.1) is 11.3 Å². The minimum atomic E-state index is -0.323. The van der Waals surface area contributed by atoms with Gasteiger partial charge in [-0.3, -0.25) is 4.79 Å². The largest absolute Gasteiger partial charge is 0.493 e. The van der Waals surface area contributed by atoms with E-state index in [4.69, 9.17) is 14.2 Å². The van der Waals surface area contributed by atoms with Crippen molar-refractivity contribution in [1.29, 1.82) is 0 Å². The molecule has 2 aromatic carbocycles. The molecule has 0 unspecified atom stereocenters. The molecule has 1 heterocycles. The Morgan fingerprint density at radius 2 is 1.70 bits per heavy atom. The molecule has 7 heteroatoms. The first-order valence-corrected chi connectivity index (χ1v) is 10.0. The van der Waals surface area contributed by atoms with Crippen molar-refractivity contribution in [2.24, 2.45) is 0 Å². The third-order valence-electron chi connectivity index (χ3n) is 4.39. The Bertz CT molecular complexity index is 1000. The van der Waals surface area contributed by atoms with Crippen LogP contribution in [0, 0.1) is 5.82 Å². The number of thiophene rings is 1. The second kappa shape index (κ2) is 9.93. The van der Waals surface area contributed by atoms with E-state index in [-0.39, 0.29) is 18.3 Å². The van der Waals surface area contributed by atoms with Crippen molar-refractivity contribution in [3.05, 3.63) is 75.7 Å². The highest BCUT2D eigenvalue weighted by Crippen LogP contribution is 2.38. The lowest BCUT2D eigenvalue weighted by Gasteiger charge is -2.15. The van der Waals surface area contributed by atoms with Crippen LogP contribution < -0.4 is 19.5 Å². The minimum absolute atomic E-state index is 0.240. The Morgan fingerprint density at radius 3 is 2.23 bits per heavy atom. The number of methoxy groups -OCH3 is 3. The van der Waals surface area contributed by atoms with Crippen molar-refractivity contribution in [2.75, 3.05) is 21.3 Å². The fourth-order valence-corrected chi connectivity index (χ4v) is 3.66. The number of amides is 1. The highest BCUT2D eigenvalue weighted by molar-refractivity contribution is 7.11. The van der Waals surface area contributed by atoms with E-state index < -0.39 is 0 Å². The lowest BCUT2D eigenvalue weighted by molar-refractivity contribution is -0.115. The van der Waals surface area contributed by atoms with Crippen molar-refractivity contribution in [3.63, 3.8) is 0 Å². The normalized spacial score (nSPS) is 11.1. The fourth-order valence-electron chi connectivity index (χ4n) is 2.92. The van der Waals surface area contributed by atoms with E-state index in [0.717, 1.165) is 16.0 Å². The Labute approximate surface area is 178 Å². The van der Waals surface area contributed by atoms with E-state index in [1.165, 1.54) is 30.6 Å². The molecule has 1 aromatic heterocycles. The summed E-state index contributed by atoms with van der Waals surface area (Å²) in [5.41, 5.74) is 2.04. The van der Waals surface area contributed by atoms with E-state index in [2.05, 4.69) is 5.32 Å². The Kier molecular flexibility index (Phi) is 7.08. The summed E-state index contributed by atoms with van der Waals surface area (Å²) in [7, 11) is 4.62. The van der Waals surface area contributed by atoms with Gasteiger partial charge in [-0.2, -0.15) is 0 Å². The highest BCUT2D eigenvalue weighted by atomic mass is 32.1. The van der Waals surface area contributed by atoms with E-state index in [9.17, 15) is 9.18 Å². The quantitative estimate of drug-likeness (QED) is 0.526. The molecule has 1 N–H and O–H groups in total. The van der Waals surface area contributed by atoms with E-state index >= 15 is 0 Å². The molecular formula is C23H22FNO4S. The summed E-state index contributed by atoms with van der Waals surface area (Å²) < 4.78 is 29.3. The summed E-state index contributed by atoms with van der Waals surface area (Å²) in [4.78, 5) is 13.8. The van der Waals surface area contributed by atoms with Gasteiger partial charge in [-0.05, 0) is 52.9 Å². The molecule has 0 spiro atoms. The SMILES string of the molecule is COc1cc(CNC(=O)/C(=C/c2ccc(F)cc2)c2cccs2)cc(OC)c1OC. The maximum absolute atomic E-state index is 13.2. The average Bonchev–Trinajstić information content (AvgIpc) is 3.30. The Morgan fingerprint density at radius 1 is 1.03 bits per heavy atom. The Hall–Kier alpha value is -3.32. The van der Waals surface area contributed by atoms with Gasteiger partial charge in [0.1, 0.15) is 5.82 Å². The van der Waals surface area contributed by atoms with E-state index in [1.54, 1.807) is 44.6 Å². The number of ether oxygens (including phenoxy) is 3. The summed E-state index contributed by atoms with van der Waals surface area (Å²) >= 11 is 1.46. The Balaban J connectivity index is 1.84. The summed E-state index contributed by atoms with van der Waals surface area (Å²) in [5, 5.41) is 4.84. The van der Waals surface area contributed by atoms with Gasteiger partial charge in [-0.25, -0.2) is 4.39 Å². The molecule has 0 bridgehead atoms. The third kappa shape index (κ3) is 4.99. The summed E-state index contributed by atoms with van der Waals surface area (Å²) in [6, 6.07) is 13.3. The second-order valence-electron chi connectivity index (χ2n) is 6.30. The first-order valence-electron chi connectivity index (χ1n) is 9.14. The van der Waals surface area contributed by atoms with Crippen molar-refractivity contribution >= 4 is 28.9 Å². The number of hydrogen-bond acceptors (Lipinski definition) is 5. The lowest BCUT2D eigenvalue weighted by Crippen LogP contribution is -2.23. The number of nitrogens with one attached hydrogen (secondary N) is 1. The third-order valence-corrected chi connectivity index (χ3v) is 5.29. The molecule has 0 fully saturated rings. The average molecular weight is 427 g/mol. The van der Waals surface area contributed by atoms with Gasteiger partial charge in [0, 0.05) is 11.4 Å². The summed E-state index contributed by atoms with van der Waals surface area (Å²) in [5.74, 6) is 0.959. The first-order chi connectivity index (χ1) is 14.5. The predicted octanol–water partition coefficient (Wildman–Crippen LogP) is 4.77. The maximum Gasteiger partial charge on any atom is 0.253 e. The van der Waals surface area contributed by atoms with Crippen LogP contribution in [-0.4, -0.2) is 27.2 Å². The van der Waals surface area contributed by atoms with Gasteiger partial charge < -0.3 is 19.5 Å². The second-order valence-corrected chi connectivity index (χ2v) is 7.25. The standard InChI is InChI=1S/C23H22FNO4S/c1-27-19-12-16(13-20(28-2)22(19)29-3)14-25-23(26)18(21-5-4-10-30-21)11-15-6-8-17(24)9-7-15/h4-13H,14H2,1-3H3,(H,25,26)/b18-11+. The van der Waals surface area contributed by atoms with Gasteiger partial charge >= 0.3 is 0 Å². The van der Waals surface area contributed by atoms with Gasteiger partial charge in [-0.1, -0.05) is 18.2 Å². The van der Waals surface area contributed by atoms with E-state index in [1.807, 2.05) is 17.5 Å². The molecule has 0 radical (unpaired) electrons. The molecule has 0 aliphatic carbocycles. The molecule has 5 nitrogen and oxygen atoms in total. The number of carbonyl (C=O) groups is 1. The van der Waals surface area contributed by atoms with Crippen LogP contribution in [0.2, 0.25) is 0 Å². The molecule has 3 aromatic rings. The molecule has 0 aliphatic rings. The number of carbonyl (C=O) groups excluding carboxylic acids is 1. The van der Waals surface area contributed by atoms with Crippen LogP contribution in [0.25, 0.3) is 11.6 Å². The van der Waals surface area contributed by atoms with Crippen LogP contribution in [0.15, 0.2) is 53.9 Å². The topological polar surface area (TPSA) is 56.8 Å². The monoisotopic (exact) mass is 427 g/mol. The fraction of sp³-hybridized carbons (Fsp3) is 0.174. The zero-order valence-electron chi connectivity index (χ0n) is 16.9. The zero-order valence-corrected chi connectivity index (χ0v) is 17.7. The number of benzene rings is 2. The smallest absolute Gasteiger partial charge is 0.253 e. The first kappa shape index (κ1) is 21.4. The van der Waals surface area contributed by atoms with Crippen LogP contribution in [0.4, 0.5) is 4.39 Å². The van der Waals surface area contributed by atoms with Crippen LogP contribution in [0.3, 0.4) is 0 Å². The summed E-state index contributed by atoms with van der Waals surface area (Å²) in [6.45, 7) is 0.266. The molecule has 3 rings (SSSR count). The number of halogens is 1. The number of rotatable bonds is 8. The predicted molar refractivity (Wildman–Crippen MR) is 117 cm³/mol. The van der Waals surface area contributed by atoms with Crippen LogP contribution in [0.5, 0.6) is 17.2 Å². The van der Waals surface area contributed by atoms with Crippen molar-refractivity contribution in [3.8, 4) is 17.2 Å². The van der Waals surface area contributed by atoms with Gasteiger partial charge in [0.05, 0.1) is 26.9 Å². The van der Waals surface area contributed by atoms with E-state index in [0.29, 0.717) is 22.8 Å². The van der Waals surface area contributed by atoms with Crippen molar-refractivity contribution in [1.82, 2.24) is 5.32 Å². The van der Waals surface area contributed by atoms with Crippen molar-refractivity contribution < 1.29 is 23.4 Å². The number of hydrogen-bond donors (Lipinski definition) is 1. The zero-order chi connectivity index (χ0) is 21.5. The molecule has 0 saturated heterocycles. The highest BCUT2D eigenvalue weighted by Gasteiger charge is 2.16. The molecule has 0 atom stereocenters. The van der Waals surface area contributed by atoms with Gasteiger partial charge in [0.25, 0.3) is 5.91 Å². The molecule has 156 valence electrons. The minimum Gasteiger partial charge on any atom is -0.493 e.